The molecule has 2 aliphatic carbocycles. The van der Waals surface area contributed by atoms with Crippen molar-refractivity contribution in [1.82, 2.24) is 0 Å². The van der Waals surface area contributed by atoms with E-state index in [2.05, 4.69) is 4.79 Å². The summed E-state index contributed by atoms with van der Waals surface area (Å²) in [6.07, 6.45) is 2.74. The van der Waals surface area contributed by atoms with Crippen LogP contribution in [0.15, 0.2) is 0 Å². The van der Waals surface area contributed by atoms with Gasteiger partial charge in [-0.15, -0.1) is 0 Å². The lowest BCUT2D eigenvalue weighted by molar-refractivity contribution is -0.143. The van der Waals surface area contributed by atoms with Gasteiger partial charge >= 0.3 is 5.97 Å². The predicted octanol–water partition coefficient (Wildman–Crippen LogP) is 0.788. The maximum Gasteiger partial charge on any atom is 0.318 e. The highest BCUT2D eigenvalue weighted by atomic mass is 16.4. The summed E-state index contributed by atoms with van der Waals surface area (Å²) in [6.45, 7) is 0. The summed E-state index contributed by atoms with van der Waals surface area (Å²) in [5.74, 6) is -0.630. The van der Waals surface area contributed by atoms with Gasteiger partial charge in [-0.2, -0.15) is 4.79 Å². The van der Waals surface area contributed by atoms with Crippen molar-refractivity contribution in [2.24, 2.45) is 17.8 Å². The zero-order valence-corrected chi connectivity index (χ0v) is 6.60. The molecule has 0 spiro atoms. The molecular formula is C8H10N2O2. The van der Waals surface area contributed by atoms with E-state index in [1.165, 1.54) is 0 Å². The third-order valence-corrected chi connectivity index (χ3v) is 3.13. The lowest BCUT2D eigenvalue weighted by Gasteiger charge is -2.30. The number of carboxylic acids is 1. The van der Waals surface area contributed by atoms with Crippen molar-refractivity contribution in [2.75, 3.05) is 0 Å². The van der Waals surface area contributed by atoms with Crippen LogP contribution < -0.4 is 0 Å². The molecule has 0 saturated heterocycles. The van der Waals surface area contributed by atoms with Crippen molar-refractivity contribution in [1.29, 1.82) is 0 Å². The summed E-state index contributed by atoms with van der Waals surface area (Å²) in [5.41, 5.74) is 9.04. The van der Waals surface area contributed by atoms with Crippen LogP contribution in [0.3, 0.4) is 0 Å². The third kappa shape index (κ3) is 0.816. The maximum absolute atomic E-state index is 10.8. The molecule has 1 N–H and O–H groups in total. The lowest BCUT2D eigenvalue weighted by atomic mass is 9.73. The molecule has 4 heteroatoms. The average Bonchev–Trinajstić information content (AvgIpc) is 2.23. The summed E-state index contributed by atoms with van der Waals surface area (Å²) in [6, 6.07) is 0. The van der Waals surface area contributed by atoms with E-state index < -0.39 is 11.9 Å². The monoisotopic (exact) mass is 166 g/mol. The second kappa shape index (κ2) is 2.42. The molecule has 3 atom stereocenters. The molecule has 64 valence electrons. The first kappa shape index (κ1) is 7.50. The Balaban J connectivity index is 2.28. The standard InChI is InChI=1S/C8H10N2O2/c9-10-6-3-4-1-2-5(4)7(6)8(11)12/h4-5,7H,1-3H2,(H,11,12). The molecule has 0 amide bonds. The largest absolute Gasteiger partial charge is 0.481 e. The minimum absolute atomic E-state index is 0.244. The van der Waals surface area contributed by atoms with Crippen molar-refractivity contribution < 1.29 is 14.7 Å². The van der Waals surface area contributed by atoms with E-state index in [0.717, 1.165) is 12.8 Å². The SMILES string of the molecule is [N-]=[N+]=C1CC2CCC2C1C(=O)O. The minimum atomic E-state index is -0.838. The van der Waals surface area contributed by atoms with Crippen LogP contribution in [0.4, 0.5) is 0 Å². The van der Waals surface area contributed by atoms with Crippen LogP contribution in [-0.4, -0.2) is 21.6 Å². The fourth-order valence-electron chi connectivity index (χ4n) is 2.36. The smallest absolute Gasteiger partial charge is 0.318 e. The van der Waals surface area contributed by atoms with E-state index in [9.17, 15) is 4.79 Å². The number of rotatable bonds is 1. The molecule has 0 heterocycles. The maximum atomic E-state index is 10.8. The van der Waals surface area contributed by atoms with Gasteiger partial charge in [0.1, 0.15) is 0 Å². The molecule has 0 radical (unpaired) electrons. The molecule has 4 nitrogen and oxygen atoms in total. The third-order valence-electron chi connectivity index (χ3n) is 3.13. The number of carboxylic acid groups (broad SMARTS) is 1. The van der Waals surface area contributed by atoms with Gasteiger partial charge in [-0.05, 0) is 24.7 Å². The quantitative estimate of drug-likeness (QED) is 0.462. The highest BCUT2D eigenvalue weighted by Gasteiger charge is 2.54. The summed E-state index contributed by atoms with van der Waals surface area (Å²) in [7, 11) is 0. The summed E-state index contributed by atoms with van der Waals surface area (Å²) in [5, 5.41) is 8.84. The second-order valence-electron chi connectivity index (χ2n) is 3.61. The Morgan fingerprint density at radius 3 is 2.75 bits per heavy atom. The van der Waals surface area contributed by atoms with Crippen LogP contribution in [0, 0.1) is 17.8 Å². The molecule has 2 fully saturated rings. The highest BCUT2D eigenvalue weighted by Crippen LogP contribution is 2.48. The van der Waals surface area contributed by atoms with Gasteiger partial charge in [0.15, 0.2) is 5.92 Å². The average molecular weight is 166 g/mol. The van der Waals surface area contributed by atoms with E-state index in [1.54, 1.807) is 0 Å². The van der Waals surface area contributed by atoms with Crippen molar-refractivity contribution in [3.05, 3.63) is 5.53 Å². The van der Waals surface area contributed by atoms with Gasteiger partial charge in [0, 0.05) is 6.42 Å². The fraction of sp³-hybridized carbons (Fsp3) is 0.750. The Labute approximate surface area is 69.8 Å². The molecule has 2 rings (SSSR count). The van der Waals surface area contributed by atoms with Gasteiger partial charge in [0.25, 0.3) is 5.71 Å². The highest BCUT2D eigenvalue weighted by molar-refractivity contribution is 6.01. The van der Waals surface area contributed by atoms with Gasteiger partial charge < -0.3 is 10.6 Å². The normalized spacial score (nSPS) is 38.3. The van der Waals surface area contributed by atoms with Gasteiger partial charge in [-0.1, -0.05) is 0 Å². The van der Waals surface area contributed by atoms with Gasteiger partial charge in [0.05, 0.1) is 0 Å². The first-order chi connectivity index (χ1) is 5.74. The number of carbonyl (C=O) groups is 1. The van der Waals surface area contributed by atoms with Gasteiger partial charge in [0.2, 0.25) is 0 Å². The van der Waals surface area contributed by atoms with Crippen molar-refractivity contribution >= 4 is 11.7 Å². The number of hydrogen-bond donors (Lipinski definition) is 1. The fourth-order valence-corrected chi connectivity index (χ4v) is 2.36. The molecule has 2 aliphatic rings. The molecule has 0 aromatic rings. The lowest BCUT2D eigenvalue weighted by Crippen LogP contribution is -2.31. The van der Waals surface area contributed by atoms with Crippen LogP contribution in [-0.2, 0) is 4.79 Å². The van der Waals surface area contributed by atoms with Gasteiger partial charge in [-0.3, -0.25) is 4.79 Å². The number of hydrogen-bond acceptors (Lipinski definition) is 1. The zero-order valence-electron chi connectivity index (χ0n) is 6.60. The molecule has 0 aliphatic heterocycles. The summed E-state index contributed by atoms with van der Waals surface area (Å²) < 4.78 is 0. The van der Waals surface area contributed by atoms with Crippen LogP contribution >= 0.6 is 0 Å². The molecule has 3 unspecified atom stereocenters. The topological polar surface area (TPSA) is 73.7 Å². The Morgan fingerprint density at radius 2 is 2.33 bits per heavy atom. The molecule has 0 aromatic carbocycles. The van der Waals surface area contributed by atoms with Crippen LogP contribution in [0.5, 0.6) is 0 Å². The first-order valence-electron chi connectivity index (χ1n) is 4.17. The van der Waals surface area contributed by atoms with E-state index >= 15 is 0 Å². The Kier molecular flexibility index (Phi) is 1.51. The molecule has 2 saturated carbocycles. The summed E-state index contributed by atoms with van der Waals surface area (Å²) >= 11 is 0. The van der Waals surface area contributed by atoms with Crippen LogP contribution in [0.2, 0.25) is 0 Å². The number of nitrogens with zero attached hydrogens (tertiary/aromatic N) is 2. The Morgan fingerprint density at radius 1 is 1.58 bits per heavy atom. The van der Waals surface area contributed by atoms with Gasteiger partial charge in [-0.25, -0.2) is 0 Å². The van der Waals surface area contributed by atoms with Crippen molar-refractivity contribution in [2.45, 2.75) is 19.3 Å². The van der Waals surface area contributed by atoms with E-state index in [1.807, 2.05) is 0 Å². The number of aliphatic carboxylic acids is 1. The predicted molar refractivity (Wildman–Crippen MR) is 40.6 cm³/mol. The van der Waals surface area contributed by atoms with E-state index in [4.69, 9.17) is 10.6 Å². The number of fused-ring (bicyclic) bond motifs is 1. The first-order valence-corrected chi connectivity index (χ1v) is 4.17. The summed E-state index contributed by atoms with van der Waals surface area (Å²) in [4.78, 5) is 13.8. The van der Waals surface area contributed by atoms with Crippen molar-refractivity contribution in [3.8, 4) is 0 Å². The molecule has 0 bridgehead atoms. The Bertz CT molecular complexity index is 281. The molecule has 0 aromatic heterocycles. The zero-order chi connectivity index (χ0) is 8.72. The second-order valence-corrected chi connectivity index (χ2v) is 3.61. The minimum Gasteiger partial charge on any atom is -0.481 e. The van der Waals surface area contributed by atoms with E-state index in [0.29, 0.717) is 18.1 Å². The molecule has 12 heavy (non-hydrogen) atoms. The van der Waals surface area contributed by atoms with Crippen LogP contribution in [0.1, 0.15) is 19.3 Å². The molecular weight excluding hydrogens is 156 g/mol. The van der Waals surface area contributed by atoms with E-state index in [-0.39, 0.29) is 5.92 Å². The van der Waals surface area contributed by atoms with Crippen LogP contribution in [0.25, 0.3) is 5.53 Å². The Hall–Kier alpha value is -1.15. The van der Waals surface area contributed by atoms with Crippen molar-refractivity contribution in [3.63, 3.8) is 0 Å².